The maximum atomic E-state index is 9.90. The molecule has 4 heteroatoms. The number of nitrogens with zero attached hydrogens (tertiary/aromatic N) is 2. The van der Waals surface area contributed by atoms with E-state index in [1.54, 1.807) is 12.4 Å². The third-order valence-electron chi connectivity index (χ3n) is 1.01. The third-order valence-corrected chi connectivity index (χ3v) is 1.42. The van der Waals surface area contributed by atoms with Crippen LogP contribution in [-0.2, 0) is 4.79 Å². The average Bonchev–Trinajstić information content (AvgIpc) is 2.09. The van der Waals surface area contributed by atoms with Crippen LogP contribution < -0.4 is 0 Å². The van der Waals surface area contributed by atoms with E-state index in [9.17, 15) is 4.79 Å². The number of hydrogen-bond acceptors (Lipinski definition) is 3. The van der Waals surface area contributed by atoms with Gasteiger partial charge in [-0.3, -0.25) is 0 Å². The summed E-state index contributed by atoms with van der Waals surface area (Å²) in [5, 5.41) is 0. The van der Waals surface area contributed by atoms with E-state index in [0.29, 0.717) is 5.82 Å². The van der Waals surface area contributed by atoms with Crippen molar-refractivity contribution in [2.45, 2.75) is 6.42 Å². The Labute approximate surface area is 78.4 Å². The smallest absolute Gasteiger partial charge is 0.204 e. The Bertz CT molecular complexity index is 323. The first-order valence-electron chi connectivity index (χ1n) is 3.23. The molecule has 0 amide bonds. The van der Waals surface area contributed by atoms with Gasteiger partial charge in [0.1, 0.15) is 6.29 Å². The molecular formula is C8H5BrN2O. The van der Waals surface area contributed by atoms with Gasteiger partial charge in [-0.05, 0) is 21.9 Å². The Morgan fingerprint density at radius 3 is 2.75 bits per heavy atom. The summed E-state index contributed by atoms with van der Waals surface area (Å²) in [5.74, 6) is 5.69. The molecule has 12 heavy (non-hydrogen) atoms. The molecule has 0 atom stereocenters. The minimum absolute atomic E-state index is 0.222. The summed E-state index contributed by atoms with van der Waals surface area (Å²) in [6.45, 7) is 0. The molecule has 3 nitrogen and oxygen atoms in total. The molecule has 0 aromatic carbocycles. The SMILES string of the molecule is O=CCC#Cc1ncc(Br)cn1. The zero-order valence-corrected chi connectivity index (χ0v) is 7.71. The summed E-state index contributed by atoms with van der Waals surface area (Å²) in [6, 6.07) is 0. The molecular weight excluding hydrogens is 220 g/mol. The van der Waals surface area contributed by atoms with E-state index in [-0.39, 0.29) is 6.42 Å². The van der Waals surface area contributed by atoms with Crippen molar-refractivity contribution in [1.82, 2.24) is 9.97 Å². The Morgan fingerprint density at radius 2 is 2.17 bits per heavy atom. The fourth-order valence-electron chi connectivity index (χ4n) is 0.549. The van der Waals surface area contributed by atoms with Crippen molar-refractivity contribution in [2.75, 3.05) is 0 Å². The van der Waals surface area contributed by atoms with Gasteiger partial charge in [0, 0.05) is 12.4 Å². The van der Waals surface area contributed by atoms with Crippen molar-refractivity contribution < 1.29 is 4.79 Å². The van der Waals surface area contributed by atoms with Crippen LogP contribution in [0.15, 0.2) is 16.9 Å². The topological polar surface area (TPSA) is 42.9 Å². The van der Waals surface area contributed by atoms with E-state index in [1.165, 1.54) is 0 Å². The highest BCUT2D eigenvalue weighted by Crippen LogP contribution is 2.03. The molecule has 0 spiro atoms. The van der Waals surface area contributed by atoms with E-state index in [4.69, 9.17) is 0 Å². The molecule has 0 aliphatic rings. The van der Waals surface area contributed by atoms with Crippen molar-refractivity contribution in [3.63, 3.8) is 0 Å². The summed E-state index contributed by atoms with van der Waals surface area (Å²) in [6.07, 6.45) is 4.18. The van der Waals surface area contributed by atoms with Crippen LogP contribution in [0.1, 0.15) is 12.2 Å². The van der Waals surface area contributed by atoms with Gasteiger partial charge in [-0.1, -0.05) is 5.92 Å². The highest BCUT2D eigenvalue weighted by atomic mass is 79.9. The average molecular weight is 225 g/mol. The number of halogens is 1. The number of hydrogen-bond donors (Lipinski definition) is 0. The van der Waals surface area contributed by atoms with Crippen LogP contribution >= 0.6 is 15.9 Å². The van der Waals surface area contributed by atoms with E-state index >= 15 is 0 Å². The van der Waals surface area contributed by atoms with Crippen molar-refractivity contribution in [3.8, 4) is 11.8 Å². The molecule has 0 saturated heterocycles. The predicted molar refractivity (Wildman–Crippen MR) is 47.3 cm³/mol. The van der Waals surface area contributed by atoms with Crippen LogP contribution in [0.2, 0.25) is 0 Å². The van der Waals surface area contributed by atoms with Gasteiger partial charge in [0.25, 0.3) is 0 Å². The second-order valence-corrected chi connectivity index (χ2v) is 2.81. The fraction of sp³-hybridized carbons (Fsp3) is 0.125. The van der Waals surface area contributed by atoms with Crippen LogP contribution in [0.5, 0.6) is 0 Å². The first-order valence-corrected chi connectivity index (χ1v) is 4.02. The summed E-state index contributed by atoms with van der Waals surface area (Å²) >= 11 is 3.20. The summed E-state index contributed by atoms with van der Waals surface area (Å²) in [5.41, 5.74) is 0. The van der Waals surface area contributed by atoms with E-state index < -0.39 is 0 Å². The van der Waals surface area contributed by atoms with Crippen LogP contribution in [0.25, 0.3) is 0 Å². The maximum Gasteiger partial charge on any atom is 0.204 e. The lowest BCUT2D eigenvalue weighted by Crippen LogP contribution is -1.86. The molecule has 0 aliphatic carbocycles. The van der Waals surface area contributed by atoms with Gasteiger partial charge in [0.2, 0.25) is 5.82 Å². The van der Waals surface area contributed by atoms with Crippen LogP contribution in [-0.4, -0.2) is 16.3 Å². The lowest BCUT2D eigenvalue weighted by Gasteiger charge is -1.87. The second kappa shape index (κ2) is 4.62. The second-order valence-electron chi connectivity index (χ2n) is 1.90. The Morgan fingerprint density at radius 1 is 1.50 bits per heavy atom. The van der Waals surface area contributed by atoms with E-state index in [0.717, 1.165) is 10.8 Å². The summed E-state index contributed by atoms with van der Waals surface area (Å²) in [4.78, 5) is 17.7. The summed E-state index contributed by atoms with van der Waals surface area (Å²) < 4.78 is 0.809. The molecule has 1 heterocycles. The van der Waals surface area contributed by atoms with E-state index in [1.807, 2.05) is 0 Å². The van der Waals surface area contributed by atoms with Gasteiger partial charge in [0.05, 0.1) is 10.9 Å². The molecule has 0 aliphatic heterocycles. The normalized spacial score (nSPS) is 8.42. The molecule has 0 N–H and O–H groups in total. The number of aldehydes is 1. The zero-order valence-electron chi connectivity index (χ0n) is 6.12. The molecule has 1 aromatic heterocycles. The van der Waals surface area contributed by atoms with Crippen molar-refractivity contribution in [2.24, 2.45) is 0 Å². The Hall–Kier alpha value is -1.21. The van der Waals surface area contributed by atoms with Crippen LogP contribution in [0.3, 0.4) is 0 Å². The fourth-order valence-corrected chi connectivity index (χ4v) is 0.753. The first kappa shape index (κ1) is 8.88. The molecule has 1 aromatic rings. The standard InChI is InChI=1S/C8H5BrN2O/c9-7-5-10-8(11-6-7)3-1-2-4-12/h4-6H,2H2. The van der Waals surface area contributed by atoms with E-state index in [2.05, 4.69) is 37.7 Å². The number of carbonyl (C=O) groups is 1. The molecule has 0 bridgehead atoms. The highest BCUT2D eigenvalue weighted by molar-refractivity contribution is 9.10. The molecule has 0 radical (unpaired) electrons. The van der Waals surface area contributed by atoms with Crippen molar-refractivity contribution in [3.05, 3.63) is 22.7 Å². The largest absolute Gasteiger partial charge is 0.302 e. The van der Waals surface area contributed by atoms with Gasteiger partial charge in [0.15, 0.2) is 0 Å². The number of carbonyl (C=O) groups excluding carboxylic acids is 1. The minimum Gasteiger partial charge on any atom is -0.302 e. The quantitative estimate of drug-likeness (QED) is 0.532. The lowest BCUT2D eigenvalue weighted by molar-refractivity contribution is -0.107. The molecule has 0 unspecified atom stereocenters. The van der Waals surface area contributed by atoms with Gasteiger partial charge in [-0.2, -0.15) is 0 Å². The van der Waals surface area contributed by atoms with Crippen LogP contribution in [0.4, 0.5) is 0 Å². The van der Waals surface area contributed by atoms with Gasteiger partial charge in [-0.25, -0.2) is 9.97 Å². The maximum absolute atomic E-state index is 9.90. The monoisotopic (exact) mass is 224 g/mol. The first-order chi connectivity index (χ1) is 5.83. The zero-order chi connectivity index (χ0) is 8.81. The molecule has 0 fully saturated rings. The van der Waals surface area contributed by atoms with Gasteiger partial charge in [-0.15, -0.1) is 0 Å². The summed E-state index contributed by atoms with van der Waals surface area (Å²) in [7, 11) is 0. The lowest BCUT2D eigenvalue weighted by atomic mass is 10.4. The highest BCUT2D eigenvalue weighted by Gasteiger charge is 1.88. The van der Waals surface area contributed by atoms with Crippen LogP contribution in [0, 0.1) is 11.8 Å². The van der Waals surface area contributed by atoms with Gasteiger partial charge < -0.3 is 4.79 Å². The minimum atomic E-state index is 0.222. The molecule has 1 rings (SSSR count). The molecule has 0 saturated carbocycles. The van der Waals surface area contributed by atoms with Crippen molar-refractivity contribution >= 4 is 22.2 Å². The van der Waals surface area contributed by atoms with Gasteiger partial charge >= 0.3 is 0 Å². The Kier molecular flexibility index (Phi) is 3.42. The predicted octanol–water partition coefficient (Wildman–Crippen LogP) is 1.18. The number of rotatable bonds is 1. The molecule has 60 valence electrons. The Balaban J connectivity index is 2.72. The number of aromatic nitrogens is 2. The third kappa shape index (κ3) is 2.81. The van der Waals surface area contributed by atoms with Crippen molar-refractivity contribution in [1.29, 1.82) is 0 Å².